The van der Waals surface area contributed by atoms with Gasteiger partial charge in [0.25, 0.3) is 5.56 Å². The highest BCUT2D eigenvalue weighted by Crippen LogP contribution is 2.38. The van der Waals surface area contributed by atoms with E-state index in [0.717, 1.165) is 28.3 Å². The highest BCUT2D eigenvalue weighted by Gasteiger charge is 2.17. The van der Waals surface area contributed by atoms with Crippen molar-refractivity contribution in [2.24, 2.45) is 14.1 Å². The molecule has 0 saturated heterocycles. The topological polar surface area (TPSA) is 61.1 Å². The number of benzene rings is 2. The third-order valence-corrected chi connectivity index (χ3v) is 5.48. The smallest absolute Gasteiger partial charge is 0.261 e. The first-order valence-corrected chi connectivity index (χ1v) is 10.7. The van der Waals surface area contributed by atoms with Gasteiger partial charge in [-0.1, -0.05) is 36.6 Å². The second kappa shape index (κ2) is 8.28. The Morgan fingerprint density at radius 3 is 2.57 bits per heavy atom. The van der Waals surface area contributed by atoms with Crippen LogP contribution >= 0.6 is 11.9 Å². The molecule has 0 amide bonds. The van der Waals surface area contributed by atoms with Crippen LogP contribution in [0.1, 0.15) is 12.5 Å². The SMILES string of the molecule is CCSNc1ccc(Oc2ccc(C)cc2)c(-c2cn(C)c(=O)c3cn(C)nc23)c1. The first-order valence-electron chi connectivity index (χ1n) is 9.76. The Morgan fingerprint density at radius 2 is 1.83 bits per heavy atom. The predicted molar refractivity (Wildman–Crippen MR) is 124 cm³/mol. The molecule has 0 bridgehead atoms. The molecule has 1 N–H and O–H groups in total. The third kappa shape index (κ3) is 3.93. The zero-order valence-corrected chi connectivity index (χ0v) is 18.3. The Balaban J connectivity index is 1.90. The molecule has 2 heterocycles. The molecule has 0 atom stereocenters. The number of aryl methyl sites for hydroxylation is 3. The number of hydrogen-bond acceptors (Lipinski definition) is 5. The van der Waals surface area contributed by atoms with Gasteiger partial charge in [-0.2, -0.15) is 5.10 Å². The molecular formula is C23H24N4O2S. The maximum Gasteiger partial charge on any atom is 0.261 e. The minimum Gasteiger partial charge on any atom is -0.457 e. The average Bonchev–Trinajstić information content (AvgIpc) is 3.13. The fourth-order valence-electron chi connectivity index (χ4n) is 3.33. The molecule has 0 aliphatic heterocycles. The number of ether oxygens (including phenoxy) is 1. The van der Waals surface area contributed by atoms with Gasteiger partial charge in [0.2, 0.25) is 0 Å². The number of nitrogens with one attached hydrogen (secondary N) is 1. The van der Waals surface area contributed by atoms with Gasteiger partial charge in [-0.15, -0.1) is 0 Å². The van der Waals surface area contributed by atoms with Gasteiger partial charge in [0.05, 0.1) is 5.39 Å². The minimum atomic E-state index is -0.0707. The van der Waals surface area contributed by atoms with E-state index >= 15 is 0 Å². The van der Waals surface area contributed by atoms with Gasteiger partial charge in [0, 0.05) is 49.1 Å². The Hall–Kier alpha value is -3.19. The zero-order valence-electron chi connectivity index (χ0n) is 17.5. The van der Waals surface area contributed by atoms with Crippen LogP contribution in [-0.4, -0.2) is 20.1 Å². The summed E-state index contributed by atoms with van der Waals surface area (Å²) in [6.07, 6.45) is 3.59. The fourth-order valence-corrected chi connectivity index (χ4v) is 3.76. The van der Waals surface area contributed by atoms with Gasteiger partial charge in [-0.25, -0.2) is 0 Å². The lowest BCUT2D eigenvalue weighted by molar-refractivity contribution is 0.484. The summed E-state index contributed by atoms with van der Waals surface area (Å²) in [4.78, 5) is 12.6. The van der Waals surface area contributed by atoms with E-state index in [9.17, 15) is 4.79 Å². The van der Waals surface area contributed by atoms with Crippen molar-refractivity contribution in [1.29, 1.82) is 0 Å². The molecular weight excluding hydrogens is 396 g/mol. The molecule has 2 aromatic heterocycles. The van der Waals surface area contributed by atoms with Crippen molar-refractivity contribution in [2.75, 3.05) is 10.5 Å². The molecule has 0 unspecified atom stereocenters. The molecule has 0 spiro atoms. The van der Waals surface area contributed by atoms with Crippen LogP contribution in [0.4, 0.5) is 5.69 Å². The molecule has 0 fully saturated rings. The van der Waals surface area contributed by atoms with E-state index in [0.29, 0.717) is 16.7 Å². The Kier molecular flexibility index (Phi) is 5.55. The molecule has 30 heavy (non-hydrogen) atoms. The molecule has 4 rings (SSSR count). The summed E-state index contributed by atoms with van der Waals surface area (Å²) in [6, 6.07) is 13.9. The van der Waals surface area contributed by atoms with Crippen molar-refractivity contribution in [1.82, 2.24) is 14.3 Å². The summed E-state index contributed by atoms with van der Waals surface area (Å²) < 4.78 is 12.9. The van der Waals surface area contributed by atoms with E-state index < -0.39 is 0 Å². The summed E-state index contributed by atoms with van der Waals surface area (Å²) in [5.74, 6) is 2.41. The number of anilines is 1. The molecule has 0 radical (unpaired) electrons. The molecule has 7 heteroatoms. The lowest BCUT2D eigenvalue weighted by Gasteiger charge is -2.15. The fraction of sp³-hybridized carbons (Fsp3) is 0.217. The molecule has 4 aromatic rings. The van der Waals surface area contributed by atoms with Crippen molar-refractivity contribution in [3.8, 4) is 22.6 Å². The summed E-state index contributed by atoms with van der Waals surface area (Å²) in [7, 11) is 3.58. The zero-order chi connectivity index (χ0) is 21.3. The van der Waals surface area contributed by atoms with E-state index in [-0.39, 0.29) is 5.56 Å². The standard InChI is InChI=1S/C23H24N4O2S/c1-5-30-25-16-8-11-21(29-17-9-6-15(2)7-10-17)18(12-16)19-13-26(3)23(28)20-14-27(4)24-22(19)20/h6-14,25H,5H2,1-4H3. The Bertz CT molecular complexity index is 1260. The van der Waals surface area contributed by atoms with E-state index in [4.69, 9.17) is 4.74 Å². The van der Waals surface area contributed by atoms with Crippen LogP contribution in [0.25, 0.3) is 22.0 Å². The number of nitrogens with zero attached hydrogens (tertiary/aromatic N) is 3. The van der Waals surface area contributed by atoms with E-state index in [1.165, 1.54) is 5.56 Å². The first-order chi connectivity index (χ1) is 14.5. The second-order valence-corrected chi connectivity index (χ2v) is 8.26. The maximum absolute atomic E-state index is 12.6. The van der Waals surface area contributed by atoms with Crippen molar-refractivity contribution >= 4 is 28.5 Å². The number of pyridine rings is 1. The average molecular weight is 421 g/mol. The van der Waals surface area contributed by atoms with Crippen LogP contribution < -0.4 is 15.0 Å². The molecule has 154 valence electrons. The number of fused-ring (bicyclic) bond motifs is 1. The van der Waals surface area contributed by atoms with Crippen molar-refractivity contribution in [3.05, 3.63) is 70.8 Å². The van der Waals surface area contributed by atoms with Gasteiger partial charge in [-0.05, 0) is 37.3 Å². The van der Waals surface area contributed by atoms with E-state index in [1.54, 1.807) is 34.4 Å². The molecule has 2 aromatic carbocycles. The highest BCUT2D eigenvalue weighted by atomic mass is 32.2. The first kappa shape index (κ1) is 20.1. The molecule has 0 aliphatic rings. The third-order valence-electron chi connectivity index (χ3n) is 4.81. The van der Waals surface area contributed by atoms with Gasteiger partial charge >= 0.3 is 0 Å². The summed E-state index contributed by atoms with van der Waals surface area (Å²) in [5, 5.41) is 5.15. The lowest BCUT2D eigenvalue weighted by atomic mass is 10.0. The molecule has 6 nitrogen and oxygen atoms in total. The van der Waals surface area contributed by atoms with Crippen molar-refractivity contribution in [3.63, 3.8) is 0 Å². The van der Waals surface area contributed by atoms with Gasteiger partial charge in [0.1, 0.15) is 17.0 Å². The summed E-state index contributed by atoms with van der Waals surface area (Å²) in [5.41, 5.74) is 4.45. The summed E-state index contributed by atoms with van der Waals surface area (Å²) >= 11 is 1.62. The molecule has 0 aliphatic carbocycles. The Morgan fingerprint density at radius 1 is 1.07 bits per heavy atom. The van der Waals surface area contributed by atoms with Gasteiger partial charge in [0.15, 0.2) is 0 Å². The van der Waals surface area contributed by atoms with Crippen LogP contribution in [-0.2, 0) is 14.1 Å². The largest absolute Gasteiger partial charge is 0.457 e. The van der Waals surface area contributed by atoms with E-state index in [2.05, 4.69) is 16.7 Å². The van der Waals surface area contributed by atoms with Gasteiger partial charge < -0.3 is 14.0 Å². The van der Waals surface area contributed by atoms with Crippen molar-refractivity contribution in [2.45, 2.75) is 13.8 Å². The normalized spacial score (nSPS) is 11.1. The lowest BCUT2D eigenvalue weighted by Crippen LogP contribution is -2.16. The Labute approximate surface area is 179 Å². The van der Waals surface area contributed by atoms with Crippen molar-refractivity contribution < 1.29 is 4.74 Å². The maximum atomic E-state index is 12.6. The quantitative estimate of drug-likeness (QED) is 0.439. The van der Waals surface area contributed by atoms with E-state index in [1.807, 2.05) is 62.6 Å². The summed E-state index contributed by atoms with van der Waals surface area (Å²) in [6.45, 7) is 4.14. The minimum absolute atomic E-state index is 0.0707. The van der Waals surface area contributed by atoms with Gasteiger partial charge in [-0.3, -0.25) is 9.48 Å². The van der Waals surface area contributed by atoms with Crippen LogP contribution in [0.5, 0.6) is 11.5 Å². The molecule has 0 saturated carbocycles. The number of hydrogen-bond donors (Lipinski definition) is 1. The van der Waals surface area contributed by atoms with Crippen LogP contribution in [0.3, 0.4) is 0 Å². The number of rotatable bonds is 6. The predicted octanol–water partition coefficient (Wildman–Crippen LogP) is 5.12. The monoisotopic (exact) mass is 420 g/mol. The van der Waals surface area contributed by atoms with Crippen LogP contribution in [0.2, 0.25) is 0 Å². The van der Waals surface area contributed by atoms with Crippen LogP contribution in [0, 0.1) is 6.92 Å². The van der Waals surface area contributed by atoms with Crippen LogP contribution in [0.15, 0.2) is 59.7 Å². The number of aromatic nitrogens is 3. The second-order valence-electron chi connectivity index (χ2n) is 7.19. The highest BCUT2D eigenvalue weighted by molar-refractivity contribution is 8.00.